The lowest BCUT2D eigenvalue weighted by Gasteiger charge is -2.21. The van der Waals surface area contributed by atoms with Gasteiger partial charge in [0.1, 0.15) is 15.2 Å². The summed E-state index contributed by atoms with van der Waals surface area (Å²) in [5.74, 6) is 0. The Balaban J connectivity index is 2.06. The summed E-state index contributed by atoms with van der Waals surface area (Å²) in [6.45, 7) is 7.37. The Kier molecular flexibility index (Phi) is 5.18. The molecule has 0 unspecified atom stereocenters. The van der Waals surface area contributed by atoms with E-state index in [0.717, 1.165) is 20.2 Å². The molecule has 0 fully saturated rings. The third kappa shape index (κ3) is 4.78. The van der Waals surface area contributed by atoms with E-state index in [4.69, 9.17) is 4.74 Å². The van der Waals surface area contributed by atoms with Gasteiger partial charge in [-0.25, -0.2) is 14.8 Å². The van der Waals surface area contributed by atoms with Crippen molar-refractivity contribution in [2.45, 2.75) is 39.3 Å². The first-order valence-corrected chi connectivity index (χ1v) is 8.44. The Hall–Kier alpha value is -1.47. The van der Waals surface area contributed by atoms with E-state index >= 15 is 0 Å². The molecule has 2 heterocycles. The standard InChI is InChI=1S/C15H18BrN3O2S/c1-9(18-14(20)21-15(2,3)4)13-17-8-11(22-13)10-6-5-7-12(16)19-10/h5-9H,1-4H3,(H,18,20)/t9-/m0/s1. The lowest BCUT2D eigenvalue weighted by molar-refractivity contribution is 0.0508. The van der Waals surface area contributed by atoms with E-state index in [9.17, 15) is 4.79 Å². The molecule has 0 spiro atoms. The summed E-state index contributed by atoms with van der Waals surface area (Å²) >= 11 is 4.85. The molecular weight excluding hydrogens is 366 g/mol. The van der Waals surface area contributed by atoms with Crippen LogP contribution in [0.5, 0.6) is 0 Å². The molecular formula is C15H18BrN3O2S. The second-order valence-electron chi connectivity index (χ2n) is 5.78. The van der Waals surface area contributed by atoms with Crippen molar-refractivity contribution in [2.24, 2.45) is 0 Å². The van der Waals surface area contributed by atoms with E-state index in [1.807, 2.05) is 45.9 Å². The summed E-state index contributed by atoms with van der Waals surface area (Å²) in [5, 5.41) is 3.59. The molecule has 1 N–H and O–H groups in total. The van der Waals surface area contributed by atoms with Crippen LogP contribution in [0.15, 0.2) is 29.0 Å². The number of carbonyl (C=O) groups excluding carboxylic acids is 1. The maximum atomic E-state index is 11.8. The third-order valence-electron chi connectivity index (χ3n) is 2.59. The minimum absolute atomic E-state index is 0.222. The number of ether oxygens (including phenoxy) is 1. The topological polar surface area (TPSA) is 64.1 Å². The first kappa shape index (κ1) is 16.9. The predicted molar refractivity (Wildman–Crippen MR) is 90.8 cm³/mol. The van der Waals surface area contributed by atoms with Crippen molar-refractivity contribution in [3.63, 3.8) is 0 Å². The molecule has 7 heteroatoms. The molecule has 0 aliphatic rings. The fourth-order valence-corrected chi connectivity index (χ4v) is 2.93. The Labute approximate surface area is 142 Å². The highest BCUT2D eigenvalue weighted by Crippen LogP contribution is 2.28. The Morgan fingerprint density at radius 1 is 1.41 bits per heavy atom. The van der Waals surface area contributed by atoms with Crippen LogP contribution in [0.1, 0.15) is 38.7 Å². The molecule has 2 aromatic rings. The minimum atomic E-state index is -0.516. The third-order valence-corrected chi connectivity index (χ3v) is 4.24. The largest absolute Gasteiger partial charge is 0.444 e. The number of halogens is 1. The summed E-state index contributed by atoms with van der Waals surface area (Å²) in [6.07, 6.45) is 1.32. The van der Waals surface area contributed by atoms with Crippen molar-refractivity contribution in [2.75, 3.05) is 0 Å². The fourth-order valence-electron chi connectivity index (χ4n) is 1.70. The fraction of sp³-hybridized carbons (Fsp3) is 0.400. The van der Waals surface area contributed by atoms with E-state index in [1.165, 1.54) is 11.3 Å². The lowest BCUT2D eigenvalue weighted by Crippen LogP contribution is -2.33. The maximum Gasteiger partial charge on any atom is 0.408 e. The van der Waals surface area contributed by atoms with Gasteiger partial charge in [-0.2, -0.15) is 0 Å². The lowest BCUT2D eigenvalue weighted by atomic mass is 10.2. The summed E-state index contributed by atoms with van der Waals surface area (Å²) in [7, 11) is 0. The van der Waals surface area contributed by atoms with Gasteiger partial charge in [0.15, 0.2) is 0 Å². The molecule has 2 rings (SSSR count). The smallest absolute Gasteiger partial charge is 0.408 e. The Morgan fingerprint density at radius 3 is 2.77 bits per heavy atom. The van der Waals surface area contributed by atoms with Crippen LogP contribution in [-0.2, 0) is 4.74 Å². The quantitative estimate of drug-likeness (QED) is 0.789. The van der Waals surface area contributed by atoms with Gasteiger partial charge < -0.3 is 10.1 Å². The van der Waals surface area contributed by atoms with Crippen molar-refractivity contribution >= 4 is 33.4 Å². The van der Waals surface area contributed by atoms with Crippen molar-refractivity contribution in [3.05, 3.63) is 34.0 Å². The SMILES string of the molecule is C[C@H](NC(=O)OC(C)(C)C)c1ncc(-c2cccc(Br)n2)s1. The highest BCUT2D eigenvalue weighted by Gasteiger charge is 2.20. The second kappa shape index (κ2) is 6.75. The van der Waals surface area contributed by atoms with Gasteiger partial charge in [0.2, 0.25) is 0 Å². The number of nitrogens with one attached hydrogen (secondary N) is 1. The summed E-state index contributed by atoms with van der Waals surface area (Å²) < 4.78 is 6.02. The normalized spacial score (nSPS) is 12.8. The number of alkyl carbamates (subject to hydrolysis) is 1. The van der Waals surface area contributed by atoms with E-state index in [-0.39, 0.29) is 6.04 Å². The van der Waals surface area contributed by atoms with Gasteiger partial charge >= 0.3 is 6.09 Å². The van der Waals surface area contributed by atoms with Gasteiger partial charge in [0.05, 0.1) is 16.6 Å². The molecule has 0 saturated carbocycles. The van der Waals surface area contributed by atoms with E-state index in [1.54, 1.807) is 6.20 Å². The van der Waals surface area contributed by atoms with Gasteiger partial charge in [-0.05, 0) is 55.8 Å². The van der Waals surface area contributed by atoms with Crippen LogP contribution in [0.2, 0.25) is 0 Å². The molecule has 1 amide bonds. The molecule has 1 atom stereocenters. The molecule has 0 saturated heterocycles. The van der Waals surface area contributed by atoms with Crippen LogP contribution in [0.3, 0.4) is 0 Å². The number of carbonyl (C=O) groups is 1. The number of thiazole rings is 1. The number of amides is 1. The highest BCUT2D eigenvalue weighted by molar-refractivity contribution is 9.10. The van der Waals surface area contributed by atoms with Crippen LogP contribution in [0.4, 0.5) is 4.79 Å². The van der Waals surface area contributed by atoms with Crippen LogP contribution < -0.4 is 5.32 Å². The number of nitrogens with zero attached hydrogens (tertiary/aromatic N) is 2. The minimum Gasteiger partial charge on any atom is -0.444 e. The molecule has 0 bridgehead atoms. The van der Waals surface area contributed by atoms with E-state index < -0.39 is 11.7 Å². The summed E-state index contributed by atoms with van der Waals surface area (Å²) in [5.41, 5.74) is 0.334. The molecule has 0 radical (unpaired) electrons. The number of pyridine rings is 1. The molecule has 22 heavy (non-hydrogen) atoms. The predicted octanol–water partition coefficient (Wildman–Crippen LogP) is 4.55. The maximum absolute atomic E-state index is 11.8. The monoisotopic (exact) mass is 383 g/mol. The van der Waals surface area contributed by atoms with Crippen LogP contribution in [0.25, 0.3) is 10.6 Å². The van der Waals surface area contributed by atoms with Crippen molar-refractivity contribution in [1.29, 1.82) is 0 Å². The van der Waals surface area contributed by atoms with Gasteiger partial charge in [-0.15, -0.1) is 11.3 Å². The first-order valence-electron chi connectivity index (χ1n) is 6.83. The average molecular weight is 384 g/mol. The van der Waals surface area contributed by atoms with Gasteiger partial charge in [0.25, 0.3) is 0 Å². The van der Waals surface area contributed by atoms with Crippen LogP contribution >= 0.6 is 27.3 Å². The van der Waals surface area contributed by atoms with Gasteiger partial charge in [-0.3, -0.25) is 0 Å². The highest BCUT2D eigenvalue weighted by atomic mass is 79.9. The summed E-state index contributed by atoms with van der Waals surface area (Å²) in [6, 6.07) is 5.50. The molecule has 2 aromatic heterocycles. The van der Waals surface area contributed by atoms with Gasteiger partial charge in [0, 0.05) is 6.20 Å². The number of aromatic nitrogens is 2. The van der Waals surface area contributed by atoms with E-state index in [2.05, 4.69) is 31.2 Å². The molecule has 5 nitrogen and oxygen atoms in total. The Bertz CT molecular complexity index is 667. The molecule has 118 valence electrons. The van der Waals surface area contributed by atoms with Crippen LogP contribution in [0, 0.1) is 0 Å². The number of hydrogen-bond acceptors (Lipinski definition) is 5. The van der Waals surface area contributed by atoms with Crippen molar-refractivity contribution in [3.8, 4) is 10.6 Å². The zero-order valence-corrected chi connectivity index (χ0v) is 15.3. The van der Waals surface area contributed by atoms with Crippen molar-refractivity contribution in [1.82, 2.24) is 15.3 Å². The van der Waals surface area contributed by atoms with Crippen molar-refractivity contribution < 1.29 is 9.53 Å². The summed E-state index contributed by atoms with van der Waals surface area (Å²) in [4.78, 5) is 21.5. The first-order chi connectivity index (χ1) is 10.2. The van der Waals surface area contributed by atoms with E-state index in [0.29, 0.717) is 0 Å². The second-order valence-corrected chi connectivity index (χ2v) is 7.65. The Morgan fingerprint density at radius 2 is 2.14 bits per heavy atom. The molecule has 0 aromatic carbocycles. The number of rotatable bonds is 3. The molecule has 0 aliphatic heterocycles. The van der Waals surface area contributed by atoms with Gasteiger partial charge in [-0.1, -0.05) is 6.07 Å². The van der Waals surface area contributed by atoms with Crippen LogP contribution in [-0.4, -0.2) is 21.7 Å². The molecule has 0 aliphatic carbocycles. The zero-order valence-electron chi connectivity index (χ0n) is 12.9. The average Bonchev–Trinajstić information content (AvgIpc) is 2.85. The zero-order chi connectivity index (χ0) is 16.3. The number of hydrogen-bond donors (Lipinski definition) is 1.